The number of ether oxygens (including phenoxy) is 2. The van der Waals surface area contributed by atoms with Gasteiger partial charge in [-0.15, -0.1) is 0 Å². The largest absolute Gasteiger partial charge is 0.480 e. The summed E-state index contributed by atoms with van der Waals surface area (Å²) in [6, 6.07) is 7.36. The highest BCUT2D eigenvalue weighted by Gasteiger charge is 2.47. The van der Waals surface area contributed by atoms with Crippen molar-refractivity contribution in [2.45, 2.75) is 64.0 Å². The van der Waals surface area contributed by atoms with Gasteiger partial charge in [0.1, 0.15) is 29.4 Å². The molecule has 0 spiro atoms. The Kier molecular flexibility index (Phi) is 7.43. The van der Waals surface area contributed by atoms with E-state index in [0.29, 0.717) is 40.9 Å². The lowest BCUT2D eigenvalue weighted by Gasteiger charge is -2.38. The average molecular weight is 650 g/mol. The highest BCUT2D eigenvalue weighted by molar-refractivity contribution is 5.77. The van der Waals surface area contributed by atoms with Crippen molar-refractivity contribution in [1.29, 1.82) is 0 Å². The summed E-state index contributed by atoms with van der Waals surface area (Å²) in [5.74, 6) is 1.20. The van der Waals surface area contributed by atoms with Gasteiger partial charge in [-0.25, -0.2) is 29.4 Å². The fourth-order valence-electron chi connectivity index (χ4n) is 6.01. The molecule has 1 aliphatic carbocycles. The lowest BCUT2D eigenvalue weighted by Crippen LogP contribution is -2.48. The number of alkyl halides is 3. The first-order chi connectivity index (χ1) is 22.4. The van der Waals surface area contributed by atoms with Crippen LogP contribution in [0, 0.1) is 0 Å². The Bertz CT molecular complexity index is 1860. The lowest BCUT2D eigenvalue weighted by atomic mass is 10.1. The van der Waals surface area contributed by atoms with Gasteiger partial charge >= 0.3 is 12.3 Å². The number of benzene rings is 1. The number of fused-ring (bicyclic) bond motifs is 2. The Morgan fingerprint density at radius 1 is 1.04 bits per heavy atom. The SMILES string of the molecule is COc1ncnc(C2CC2)c1-c1ncc2cnn(Cc3ccc(C4NC(C(F)(F)F)=C5CN(C(=O)OC(C)(C)C)CCN54)cc3)c2n1. The number of carbonyl (C=O) groups excluding carboxylic acids is 1. The second-order valence-corrected chi connectivity index (χ2v) is 12.9. The number of halogens is 3. The normalized spacial score (nSPS) is 18.4. The van der Waals surface area contributed by atoms with Gasteiger partial charge in [-0.05, 0) is 44.7 Å². The van der Waals surface area contributed by atoms with E-state index in [0.717, 1.165) is 29.5 Å². The monoisotopic (exact) mass is 649 g/mol. The van der Waals surface area contributed by atoms with Gasteiger partial charge in [-0.3, -0.25) is 0 Å². The molecule has 4 aromatic rings. The smallest absolute Gasteiger partial charge is 0.432 e. The van der Waals surface area contributed by atoms with Crippen molar-refractivity contribution in [3.63, 3.8) is 0 Å². The molecule has 0 radical (unpaired) electrons. The molecular formula is C32H34F3N9O3. The summed E-state index contributed by atoms with van der Waals surface area (Å²) in [5, 5.41) is 7.97. The number of allylic oxidation sites excluding steroid dienone is 1. The fraction of sp³-hybridized carbons (Fsp3) is 0.438. The third kappa shape index (κ3) is 6.01. The molecule has 3 aromatic heterocycles. The van der Waals surface area contributed by atoms with Crippen LogP contribution in [0.25, 0.3) is 22.4 Å². The summed E-state index contributed by atoms with van der Waals surface area (Å²) in [7, 11) is 1.56. The molecule has 1 saturated carbocycles. The molecule has 1 N–H and O–H groups in total. The number of nitrogens with one attached hydrogen (secondary N) is 1. The molecule has 1 amide bonds. The third-order valence-electron chi connectivity index (χ3n) is 8.34. The molecule has 47 heavy (non-hydrogen) atoms. The molecule has 5 heterocycles. The van der Waals surface area contributed by atoms with Crippen LogP contribution in [0.3, 0.4) is 0 Å². The highest BCUT2D eigenvalue weighted by atomic mass is 19.4. The molecule has 3 aliphatic rings. The van der Waals surface area contributed by atoms with Crippen LogP contribution in [0.5, 0.6) is 5.88 Å². The minimum Gasteiger partial charge on any atom is -0.480 e. The zero-order chi connectivity index (χ0) is 33.1. The Balaban J connectivity index is 1.11. The van der Waals surface area contributed by atoms with E-state index in [-0.39, 0.29) is 25.3 Å². The maximum Gasteiger partial charge on any atom is 0.432 e. The van der Waals surface area contributed by atoms with E-state index >= 15 is 0 Å². The second-order valence-electron chi connectivity index (χ2n) is 12.9. The summed E-state index contributed by atoms with van der Waals surface area (Å²) in [6.45, 7) is 5.79. The Hall–Kier alpha value is -4.95. The number of hydrogen-bond acceptors (Lipinski definition) is 10. The van der Waals surface area contributed by atoms with Gasteiger partial charge in [0, 0.05) is 25.2 Å². The zero-order valence-corrected chi connectivity index (χ0v) is 26.4. The number of aromatic nitrogens is 6. The number of nitrogens with zero attached hydrogens (tertiary/aromatic N) is 8. The minimum absolute atomic E-state index is 0.0208. The molecule has 1 saturated heterocycles. The minimum atomic E-state index is -4.61. The van der Waals surface area contributed by atoms with Crippen LogP contribution in [0.15, 0.2) is 54.4 Å². The Morgan fingerprint density at radius 3 is 2.49 bits per heavy atom. The molecule has 2 aliphatic heterocycles. The molecule has 1 atom stereocenters. The highest BCUT2D eigenvalue weighted by Crippen LogP contribution is 2.45. The quantitative estimate of drug-likeness (QED) is 0.300. The van der Waals surface area contributed by atoms with Gasteiger partial charge in [-0.1, -0.05) is 24.3 Å². The van der Waals surface area contributed by atoms with E-state index in [9.17, 15) is 18.0 Å². The average Bonchev–Trinajstić information content (AvgIpc) is 3.70. The van der Waals surface area contributed by atoms with Crippen molar-refractivity contribution in [2.24, 2.45) is 0 Å². The standard InChI is InChI=1S/C32H34F3N9O3/c1-31(2,3)47-30(45)42-11-12-43-22(16-42)25(32(33,34)35)40-27(43)20-7-5-18(6-8-20)15-44-28-21(14-39-44)13-36-26(41-28)23-24(19-9-10-19)37-17-38-29(23)46-4/h5-8,13-14,17,19,27,40H,9-12,15-16H2,1-4H3. The Morgan fingerprint density at radius 2 is 1.81 bits per heavy atom. The van der Waals surface area contributed by atoms with Gasteiger partial charge in [0.25, 0.3) is 0 Å². The van der Waals surface area contributed by atoms with Crippen molar-refractivity contribution in [3.8, 4) is 17.3 Å². The second kappa shape index (κ2) is 11.4. The van der Waals surface area contributed by atoms with Crippen LogP contribution in [0.1, 0.15) is 62.5 Å². The van der Waals surface area contributed by atoms with Gasteiger partial charge in [-0.2, -0.15) is 18.3 Å². The molecule has 7 rings (SSSR count). The first-order valence-corrected chi connectivity index (χ1v) is 15.4. The van der Waals surface area contributed by atoms with Crippen LogP contribution in [0.2, 0.25) is 0 Å². The third-order valence-corrected chi connectivity index (χ3v) is 8.34. The number of rotatable bonds is 6. The van der Waals surface area contributed by atoms with Crippen molar-refractivity contribution in [3.05, 3.63) is 71.2 Å². The Labute approximate surface area is 268 Å². The number of hydrogen-bond donors (Lipinski definition) is 1. The predicted molar refractivity (Wildman–Crippen MR) is 164 cm³/mol. The van der Waals surface area contributed by atoms with Gasteiger partial charge in [0.15, 0.2) is 11.5 Å². The number of amides is 1. The lowest BCUT2D eigenvalue weighted by molar-refractivity contribution is -0.0971. The molecule has 12 nitrogen and oxygen atoms in total. The van der Waals surface area contributed by atoms with Gasteiger partial charge < -0.3 is 24.6 Å². The van der Waals surface area contributed by atoms with E-state index in [1.54, 1.807) is 49.9 Å². The van der Waals surface area contributed by atoms with Crippen molar-refractivity contribution in [2.75, 3.05) is 26.7 Å². The van der Waals surface area contributed by atoms with Crippen molar-refractivity contribution < 1.29 is 27.4 Å². The summed E-state index contributed by atoms with van der Waals surface area (Å²) < 4.78 is 55.2. The molecular weight excluding hydrogens is 615 g/mol. The van der Waals surface area contributed by atoms with E-state index in [1.807, 2.05) is 24.3 Å². The molecule has 15 heteroatoms. The molecule has 1 aromatic carbocycles. The first-order valence-electron chi connectivity index (χ1n) is 15.4. The number of carbonyl (C=O) groups is 1. The van der Waals surface area contributed by atoms with Crippen molar-refractivity contribution in [1.82, 2.24) is 44.8 Å². The van der Waals surface area contributed by atoms with E-state index in [2.05, 4.69) is 25.4 Å². The van der Waals surface area contributed by atoms with Crippen molar-refractivity contribution >= 4 is 17.1 Å². The first kappa shape index (κ1) is 30.7. The summed E-state index contributed by atoms with van der Waals surface area (Å²) in [5.41, 5.74) is 2.14. The maximum absolute atomic E-state index is 14.2. The van der Waals surface area contributed by atoms with Crippen LogP contribution in [-0.4, -0.2) is 84.1 Å². The van der Waals surface area contributed by atoms with Gasteiger partial charge in [0.05, 0.1) is 43.2 Å². The summed E-state index contributed by atoms with van der Waals surface area (Å²) in [6.07, 6.45) is 0.991. The van der Waals surface area contributed by atoms with Crippen LogP contribution in [-0.2, 0) is 11.3 Å². The zero-order valence-electron chi connectivity index (χ0n) is 26.4. The number of piperazine rings is 1. The van der Waals surface area contributed by atoms with Gasteiger partial charge in [0.2, 0.25) is 5.88 Å². The molecule has 246 valence electrons. The molecule has 1 unspecified atom stereocenters. The maximum atomic E-state index is 14.2. The van der Waals surface area contributed by atoms with E-state index in [4.69, 9.17) is 14.5 Å². The predicted octanol–water partition coefficient (Wildman–Crippen LogP) is 5.15. The summed E-state index contributed by atoms with van der Waals surface area (Å²) in [4.78, 5) is 33.8. The topological polar surface area (TPSA) is 123 Å². The fourth-order valence-corrected chi connectivity index (χ4v) is 6.01. The number of methoxy groups -OCH3 is 1. The molecule has 0 bridgehead atoms. The van der Waals surface area contributed by atoms with E-state index < -0.39 is 29.7 Å². The molecule has 2 fully saturated rings. The van der Waals surface area contributed by atoms with Crippen LogP contribution >= 0.6 is 0 Å². The van der Waals surface area contributed by atoms with Crippen LogP contribution in [0.4, 0.5) is 18.0 Å². The summed E-state index contributed by atoms with van der Waals surface area (Å²) >= 11 is 0. The van der Waals surface area contributed by atoms with Crippen LogP contribution < -0.4 is 10.1 Å². The van der Waals surface area contributed by atoms with E-state index in [1.165, 1.54) is 11.2 Å².